The largest absolute Gasteiger partial charge is 0.480 e. The van der Waals surface area contributed by atoms with Crippen molar-refractivity contribution in [2.75, 3.05) is 5.75 Å². The van der Waals surface area contributed by atoms with Crippen LogP contribution in [0.4, 0.5) is 0 Å². The third-order valence-corrected chi connectivity index (χ3v) is 1.93. The molecule has 0 aromatic carbocycles. The van der Waals surface area contributed by atoms with Gasteiger partial charge in [-0.05, 0) is 13.8 Å². The smallest absolute Gasteiger partial charge is 0.323 e. The Balaban J connectivity index is 0. The first kappa shape index (κ1) is 17.6. The van der Waals surface area contributed by atoms with Crippen LogP contribution in [-0.2, 0) is 9.59 Å². The van der Waals surface area contributed by atoms with E-state index < -0.39 is 29.6 Å². The van der Waals surface area contributed by atoms with Gasteiger partial charge in [-0.2, -0.15) is 12.6 Å². The first-order valence-electron chi connectivity index (χ1n) is 4.34. The van der Waals surface area contributed by atoms with Gasteiger partial charge in [-0.15, -0.1) is 0 Å². The molecule has 1 unspecified atom stereocenters. The zero-order valence-electron chi connectivity index (χ0n) is 9.12. The molecule has 8 heteroatoms. The molecule has 0 spiro atoms. The van der Waals surface area contributed by atoms with E-state index >= 15 is 0 Å². The molecular weight excluding hydrogens is 236 g/mol. The molecule has 0 aromatic heterocycles. The molecule has 0 fully saturated rings. The third kappa shape index (κ3) is 8.48. The summed E-state index contributed by atoms with van der Waals surface area (Å²) in [7, 11) is 0. The second-order valence-electron chi connectivity index (χ2n) is 3.60. The number of rotatable bonds is 4. The average molecular weight is 254 g/mol. The van der Waals surface area contributed by atoms with E-state index in [1.54, 1.807) is 0 Å². The van der Waals surface area contributed by atoms with Crippen molar-refractivity contribution >= 4 is 24.6 Å². The van der Waals surface area contributed by atoms with Crippen molar-refractivity contribution < 1.29 is 24.9 Å². The quantitative estimate of drug-likeness (QED) is 0.334. The predicted molar refractivity (Wildman–Crippen MR) is 61.4 cm³/mol. The molecule has 0 aliphatic rings. The van der Waals surface area contributed by atoms with Crippen molar-refractivity contribution in [3.63, 3.8) is 0 Å². The molecular formula is C8H18N2O5S. The average Bonchev–Trinajstić information content (AvgIpc) is 2.14. The Hall–Kier alpha value is -0.830. The van der Waals surface area contributed by atoms with Crippen molar-refractivity contribution in [1.29, 1.82) is 0 Å². The topological polar surface area (TPSA) is 147 Å². The standard InChI is InChI=1S/C5H11NO3.C3H7NO2S/c1-5(2,9)3(6)4(7)8;4-2(1-7)3(5)6/h3,9H,6H2,1-2H3,(H,7,8);2,7H,1,4H2,(H,5,6)/t;2-/m.0/s1. The fraction of sp³-hybridized carbons (Fsp3) is 0.750. The molecule has 7 nitrogen and oxygen atoms in total. The van der Waals surface area contributed by atoms with Crippen molar-refractivity contribution in [2.45, 2.75) is 31.5 Å². The second-order valence-corrected chi connectivity index (χ2v) is 3.96. The van der Waals surface area contributed by atoms with Crippen LogP contribution in [0.2, 0.25) is 0 Å². The first-order valence-corrected chi connectivity index (χ1v) is 4.97. The van der Waals surface area contributed by atoms with Crippen LogP contribution in [0.3, 0.4) is 0 Å². The van der Waals surface area contributed by atoms with Gasteiger partial charge in [-0.1, -0.05) is 0 Å². The van der Waals surface area contributed by atoms with E-state index in [0.29, 0.717) is 0 Å². The minimum atomic E-state index is -1.34. The van der Waals surface area contributed by atoms with E-state index in [1.165, 1.54) is 13.8 Å². The Kier molecular flexibility index (Phi) is 8.17. The van der Waals surface area contributed by atoms with Gasteiger partial charge in [0.2, 0.25) is 0 Å². The monoisotopic (exact) mass is 254 g/mol. The molecule has 0 aliphatic heterocycles. The van der Waals surface area contributed by atoms with Gasteiger partial charge in [0.25, 0.3) is 0 Å². The molecule has 0 amide bonds. The van der Waals surface area contributed by atoms with Crippen LogP contribution in [0.1, 0.15) is 13.8 Å². The number of aliphatic carboxylic acids is 2. The van der Waals surface area contributed by atoms with Crippen LogP contribution in [0.5, 0.6) is 0 Å². The molecule has 7 N–H and O–H groups in total. The Labute approximate surface area is 98.8 Å². The second kappa shape index (κ2) is 7.44. The van der Waals surface area contributed by atoms with Crippen LogP contribution in [0.15, 0.2) is 0 Å². The molecule has 0 aliphatic carbocycles. The fourth-order valence-electron chi connectivity index (χ4n) is 0.380. The van der Waals surface area contributed by atoms with Crippen LogP contribution in [0.25, 0.3) is 0 Å². The number of carbonyl (C=O) groups is 2. The molecule has 16 heavy (non-hydrogen) atoms. The highest BCUT2D eigenvalue weighted by molar-refractivity contribution is 7.80. The van der Waals surface area contributed by atoms with E-state index in [0.717, 1.165) is 0 Å². The number of aliphatic hydroxyl groups is 1. The molecule has 0 heterocycles. The van der Waals surface area contributed by atoms with Crippen LogP contribution in [-0.4, -0.2) is 50.7 Å². The van der Waals surface area contributed by atoms with Crippen molar-refractivity contribution in [3.05, 3.63) is 0 Å². The highest BCUT2D eigenvalue weighted by Crippen LogP contribution is 2.04. The fourth-order valence-corrected chi connectivity index (χ4v) is 0.536. The SMILES string of the molecule is CC(C)(O)C(N)C(=O)O.N[C@@H](CS)C(=O)O. The summed E-state index contributed by atoms with van der Waals surface area (Å²) >= 11 is 3.65. The summed E-state index contributed by atoms with van der Waals surface area (Å²) in [5.74, 6) is -2.01. The number of carboxylic acids is 2. The Bertz CT molecular complexity index is 241. The van der Waals surface area contributed by atoms with Gasteiger partial charge >= 0.3 is 11.9 Å². The summed E-state index contributed by atoms with van der Waals surface area (Å²) in [5.41, 5.74) is 8.64. The van der Waals surface area contributed by atoms with E-state index in [2.05, 4.69) is 12.6 Å². The molecule has 0 radical (unpaired) electrons. The van der Waals surface area contributed by atoms with Gasteiger partial charge in [-0.3, -0.25) is 9.59 Å². The van der Waals surface area contributed by atoms with E-state index in [4.69, 9.17) is 26.8 Å². The number of hydrogen-bond donors (Lipinski definition) is 6. The van der Waals surface area contributed by atoms with Gasteiger partial charge in [0.05, 0.1) is 5.60 Å². The Morgan fingerprint density at radius 3 is 1.62 bits per heavy atom. The molecule has 2 atom stereocenters. The third-order valence-electron chi connectivity index (χ3n) is 1.54. The van der Waals surface area contributed by atoms with Gasteiger partial charge in [0.1, 0.15) is 12.1 Å². The van der Waals surface area contributed by atoms with Crippen LogP contribution < -0.4 is 11.5 Å². The number of thiol groups is 1. The minimum Gasteiger partial charge on any atom is -0.480 e. The maximum atomic E-state index is 10.1. The van der Waals surface area contributed by atoms with Gasteiger partial charge in [0, 0.05) is 5.75 Å². The minimum absolute atomic E-state index is 0.190. The molecule has 0 saturated heterocycles. The summed E-state index contributed by atoms with van der Waals surface area (Å²) in [5, 5.41) is 25.2. The lowest BCUT2D eigenvalue weighted by Crippen LogP contribution is -2.48. The molecule has 0 saturated carbocycles. The highest BCUT2D eigenvalue weighted by atomic mass is 32.1. The molecule has 96 valence electrons. The van der Waals surface area contributed by atoms with Crippen molar-refractivity contribution in [1.82, 2.24) is 0 Å². The lowest BCUT2D eigenvalue weighted by atomic mass is 10.0. The van der Waals surface area contributed by atoms with Gasteiger partial charge in [-0.25, -0.2) is 0 Å². The molecule has 0 aromatic rings. The zero-order chi connectivity index (χ0) is 13.5. The number of carboxylic acid groups (broad SMARTS) is 2. The highest BCUT2D eigenvalue weighted by Gasteiger charge is 2.28. The Morgan fingerprint density at radius 1 is 1.25 bits per heavy atom. The number of nitrogens with two attached hydrogens (primary N) is 2. The maximum Gasteiger partial charge on any atom is 0.323 e. The van der Waals surface area contributed by atoms with E-state index in [-0.39, 0.29) is 5.75 Å². The van der Waals surface area contributed by atoms with Crippen LogP contribution in [0, 0.1) is 0 Å². The summed E-state index contributed by atoms with van der Waals surface area (Å²) < 4.78 is 0. The van der Waals surface area contributed by atoms with E-state index in [9.17, 15) is 9.59 Å². The summed E-state index contributed by atoms with van der Waals surface area (Å²) in [6.07, 6.45) is 0. The molecule has 0 bridgehead atoms. The lowest BCUT2D eigenvalue weighted by Gasteiger charge is -2.20. The van der Waals surface area contributed by atoms with Gasteiger partial charge in [0.15, 0.2) is 0 Å². The van der Waals surface area contributed by atoms with E-state index in [1.807, 2.05) is 0 Å². The van der Waals surface area contributed by atoms with Crippen molar-refractivity contribution in [3.8, 4) is 0 Å². The Morgan fingerprint density at radius 2 is 1.62 bits per heavy atom. The maximum absolute atomic E-state index is 10.1. The zero-order valence-corrected chi connectivity index (χ0v) is 10.0. The van der Waals surface area contributed by atoms with Gasteiger partial charge < -0.3 is 26.8 Å². The number of hydrogen-bond acceptors (Lipinski definition) is 6. The summed E-state index contributed by atoms with van der Waals surface area (Å²) in [4.78, 5) is 19.8. The van der Waals surface area contributed by atoms with Crippen molar-refractivity contribution in [2.24, 2.45) is 11.5 Å². The summed E-state index contributed by atoms with van der Waals surface area (Å²) in [6, 6.07) is -2.03. The predicted octanol–water partition coefficient (Wildman–Crippen LogP) is -1.50. The lowest BCUT2D eigenvalue weighted by molar-refractivity contribution is -0.144. The first-order chi connectivity index (χ1) is 7.03. The molecule has 0 rings (SSSR count). The normalized spacial score (nSPS) is 14.4. The summed E-state index contributed by atoms with van der Waals surface area (Å²) in [6.45, 7) is 2.71. The van der Waals surface area contributed by atoms with Crippen LogP contribution >= 0.6 is 12.6 Å².